The quantitative estimate of drug-likeness (QED) is 0.841. The zero-order valence-electron chi connectivity index (χ0n) is 10.1. The summed E-state index contributed by atoms with van der Waals surface area (Å²) in [5, 5.41) is 2.64. The second-order valence-corrected chi connectivity index (χ2v) is 3.83. The number of carbonyl (C=O) groups is 2. The smallest absolute Gasteiger partial charge is 0.293 e. The van der Waals surface area contributed by atoms with Crippen LogP contribution in [-0.2, 0) is 0 Å². The summed E-state index contributed by atoms with van der Waals surface area (Å²) in [4.78, 5) is 26.8. The predicted molar refractivity (Wildman–Crippen MR) is 65.6 cm³/mol. The number of oxazole rings is 1. The number of ketones is 1. The Labute approximate surface area is 104 Å². The Bertz CT molecular complexity index is 602. The molecule has 0 unspecified atom stereocenters. The van der Waals surface area contributed by atoms with Gasteiger partial charge in [-0.25, -0.2) is 4.98 Å². The number of anilines is 1. The van der Waals surface area contributed by atoms with Gasteiger partial charge in [-0.15, -0.1) is 0 Å². The molecule has 2 rings (SSSR count). The summed E-state index contributed by atoms with van der Waals surface area (Å²) in [5.41, 5.74) is 1.09. The number of benzene rings is 1. The molecule has 0 saturated heterocycles. The van der Waals surface area contributed by atoms with Crippen LogP contribution in [0.3, 0.4) is 0 Å². The fourth-order valence-corrected chi connectivity index (χ4v) is 1.47. The zero-order valence-corrected chi connectivity index (χ0v) is 10.1. The van der Waals surface area contributed by atoms with E-state index in [1.165, 1.54) is 13.1 Å². The Hall–Kier alpha value is -2.43. The van der Waals surface area contributed by atoms with Crippen LogP contribution < -0.4 is 5.32 Å². The first-order valence-electron chi connectivity index (χ1n) is 5.41. The van der Waals surface area contributed by atoms with Crippen molar-refractivity contribution in [3.8, 4) is 0 Å². The molecule has 0 atom stereocenters. The number of aryl methyl sites for hydroxylation is 1. The van der Waals surface area contributed by atoms with Crippen molar-refractivity contribution < 1.29 is 14.0 Å². The van der Waals surface area contributed by atoms with E-state index in [2.05, 4.69) is 10.3 Å². The van der Waals surface area contributed by atoms with Gasteiger partial charge < -0.3 is 9.73 Å². The Morgan fingerprint density at radius 3 is 2.72 bits per heavy atom. The van der Waals surface area contributed by atoms with E-state index in [-0.39, 0.29) is 11.5 Å². The number of Topliss-reactive ketones (excluding diaryl/α,β-unsaturated/α-hetero) is 1. The largest absolute Gasteiger partial charge is 0.436 e. The fraction of sp³-hybridized carbons (Fsp3) is 0.154. The third kappa shape index (κ3) is 2.63. The van der Waals surface area contributed by atoms with Crippen LogP contribution in [0, 0.1) is 6.92 Å². The highest BCUT2D eigenvalue weighted by atomic mass is 16.4. The molecular weight excluding hydrogens is 232 g/mol. The van der Waals surface area contributed by atoms with E-state index in [9.17, 15) is 9.59 Å². The lowest BCUT2D eigenvalue weighted by Gasteiger charge is -2.04. The van der Waals surface area contributed by atoms with Crippen molar-refractivity contribution in [2.24, 2.45) is 0 Å². The van der Waals surface area contributed by atoms with Crippen LogP contribution in [0.1, 0.15) is 33.7 Å². The van der Waals surface area contributed by atoms with Crippen LogP contribution in [0.5, 0.6) is 0 Å². The van der Waals surface area contributed by atoms with Crippen LogP contribution in [-0.4, -0.2) is 16.7 Å². The first-order chi connectivity index (χ1) is 8.56. The van der Waals surface area contributed by atoms with Gasteiger partial charge in [0.2, 0.25) is 5.76 Å². The molecule has 2 aromatic rings. The molecule has 0 aliphatic rings. The van der Waals surface area contributed by atoms with Gasteiger partial charge in [0.1, 0.15) is 0 Å². The van der Waals surface area contributed by atoms with Gasteiger partial charge in [0.15, 0.2) is 11.7 Å². The zero-order chi connectivity index (χ0) is 13.1. The van der Waals surface area contributed by atoms with Crippen molar-refractivity contribution in [1.29, 1.82) is 0 Å². The number of carbonyl (C=O) groups excluding carboxylic acids is 2. The number of nitrogens with zero attached hydrogens (tertiary/aromatic N) is 1. The third-order valence-electron chi connectivity index (χ3n) is 2.37. The van der Waals surface area contributed by atoms with Gasteiger partial charge in [-0.1, -0.05) is 12.1 Å². The molecule has 0 aliphatic carbocycles. The molecular formula is C13H12N2O3. The molecule has 0 saturated carbocycles. The molecule has 18 heavy (non-hydrogen) atoms. The minimum Gasteiger partial charge on any atom is -0.436 e. The summed E-state index contributed by atoms with van der Waals surface area (Å²) in [6.07, 6.45) is 1.36. The highest BCUT2D eigenvalue weighted by Crippen LogP contribution is 2.13. The van der Waals surface area contributed by atoms with Crippen molar-refractivity contribution in [3.05, 3.63) is 47.7 Å². The van der Waals surface area contributed by atoms with Gasteiger partial charge >= 0.3 is 0 Å². The SMILES string of the molecule is CC(=O)c1cccc(NC(=O)c2cnc(C)o2)c1. The van der Waals surface area contributed by atoms with Gasteiger partial charge in [-0.05, 0) is 19.1 Å². The number of aromatic nitrogens is 1. The maximum atomic E-state index is 11.8. The fourth-order valence-electron chi connectivity index (χ4n) is 1.47. The third-order valence-corrected chi connectivity index (χ3v) is 2.37. The number of hydrogen-bond acceptors (Lipinski definition) is 4. The van der Waals surface area contributed by atoms with Crippen molar-refractivity contribution in [3.63, 3.8) is 0 Å². The lowest BCUT2D eigenvalue weighted by atomic mass is 10.1. The van der Waals surface area contributed by atoms with Gasteiger partial charge in [-0.2, -0.15) is 0 Å². The van der Waals surface area contributed by atoms with E-state index in [0.717, 1.165) is 0 Å². The van der Waals surface area contributed by atoms with E-state index in [4.69, 9.17) is 4.42 Å². The van der Waals surface area contributed by atoms with Crippen molar-refractivity contribution in [2.75, 3.05) is 5.32 Å². The standard InChI is InChI=1S/C13H12N2O3/c1-8(16)10-4-3-5-11(6-10)15-13(17)12-7-14-9(2)18-12/h3-7H,1-2H3,(H,15,17). The summed E-state index contributed by atoms with van der Waals surface area (Å²) in [7, 11) is 0. The number of hydrogen-bond donors (Lipinski definition) is 1. The predicted octanol–water partition coefficient (Wildman–Crippen LogP) is 2.44. The lowest BCUT2D eigenvalue weighted by Crippen LogP contribution is -2.11. The van der Waals surface area contributed by atoms with Crippen LogP contribution in [0.25, 0.3) is 0 Å². The number of rotatable bonds is 3. The molecule has 0 radical (unpaired) electrons. The maximum absolute atomic E-state index is 11.8. The molecule has 1 N–H and O–H groups in total. The molecule has 5 heteroatoms. The highest BCUT2D eigenvalue weighted by molar-refractivity contribution is 6.03. The number of nitrogens with one attached hydrogen (secondary N) is 1. The number of amides is 1. The second-order valence-electron chi connectivity index (χ2n) is 3.83. The van der Waals surface area contributed by atoms with E-state index >= 15 is 0 Å². The normalized spacial score (nSPS) is 10.1. The molecule has 0 bridgehead atoms. The van der Waals surface area contributed by atoms with Gasteiger partial charge in [0.25, 0.3) is 5.91 Å². The lowest BCUT2D eigenvalue weighted by molar-refractivity contribution is 0.0991. The van der Waals surface area contributed by atoms with E-state index in [1.54, 1.807) is 31.2 Å². The van der Waals surface area contributed by atoms with Gasteiger partial charge in [-0.3, -0.25) is 9.59 Å². The molecule has 1 heterocycles. The Kier molecular flexibility index (Phi) is 3.23. The van der Waals surface area contributed by atoms with E-state index in [0.29, 0.717) is 17.1 Å². The van der Waals surface area contributed by atoms with Crippen LogP contribution >= 0.6 is 0 Å². The van der Waals surface area contributed by atoms with Crippen LogP contribution in [0.4, 0.5) is 5.69 Å². The molecule has 0 aliphatic heterocycles. The minimum atomic E-state index is -0.392. The van der Waals surface area contributed by atoms with Crippen molar-refractivity contribution >= 4 is 17.4 Å². The summed E-state index contributed by atoms with van der Waals surface area (Å²) >= 11 is 0. The summed E-state index contributed by atoms with van der Waals surface area (Å²) in [6.45, 7) is 3.13. The first-order valence-corrected chi connectivity index (χ1v) is 5.41. The monoisotopic (exact) mass is 244 g/mol. The summed E-state index contributed by atoms with van der Waals surface area (Å²) in [5.74, 6) is 0.122. The molecule has 1 amide bonds. The molecule has 92 valence electrons. The second kappa shape index (κ2) is 4.83. The summed E-state index contributed by atoms with van der Waals surface area (Å²) in [6, 6.07) is 6.71. The Balaban J connectivity index is 2.16. The highest BCUT2D eigenvalue weighted by Gasteiger charge is 2.11. The topological polar surface area (TPSA) is 72.2 Å². The van der Waals surface area contributed by atoms with Crippen LogP contribution in [0.2, 0.25) is 0 Å². The molecule has 1 aromatic heterocycles. The van der Waals surface area contributed by atoms with Crippen LogP contribution in [0.15, 0.2) is 34.9 Å². The molecule has 1 aromatic carbocycles. The van der Waals surface area contributed by atoms with Gasteiger partial charge in [0.05, 0.1) is 6.20 Å². The van der Waals surface area contributed by atoms with Gasteiger partial charge in [0, 0.05) is 18.2 Å². The molecule has 0 fully saturated rings. The molecule has 0 spiro atoms. The average Bonchev–Trinajstić information content (AvgIpc) is 2.76. The van der Waals surface area contributed by atoms with E-state index < -0.39 is 5.91 Å². The summed E-state index contributed by atoms with van der Waals surface area (Å²) < 4.78 is 5.11. The van der Waals surface area contributed by atoms with Crippen molar-refractivity contribution in [1.82, 2.24) is 4.98 Å². The Morgan fingerprint density at radius 2 is 2.11 bits per heavy atom. The molecule has 5 nitrogen and oxygen atoms in total. The van der Waals surface area contributed by atoms with Crippen molar-refractivity contribution in [2.45, 2.75) is 13.8 Å². The maximum Gasteiger partial charge on any atom is 0.293 e. The Morgan fingerprint density at radius 1 is 1.33 bits per heavy atom. The first kappa shape index (κ1) is 12.0. The average molecular weight is 244 g/mol. The van der Waals surface area contributed by atoms with E-state index in [1.807, 2.05) is 0 Å². The minimum absolute atomic E-state index is 0.0541.